The van der Waals surface area contributed by atoms with Gasteiger partial charge in [0.1, 0.15) is 5.75 Å². The molecule has 1 amide bonds. The molecule has 27 heavy (non-hydrogen) atoms. The number of para-hydroxylation sites is 1. The third kappa shape index (κ3) is 5.79. The molecule has 1 saturated heterocycles. The molecule has 142 valence electrons. The lowest BCUT2D eigenvalue weighted by Gasteiger charge is -2.34. The molecule has 0 bridgehead atoms. The van der Waals surface area contributed by atoms with Crippen molar-refractivity contribution in [2.45, 2.75) is 6.54 Å². The van der Waals surface area contributed by atoms with Gasteiger partial charge in [-0.05, 0) is 23.8 Å². The van der Waals surface area contributed by atoms with Gasteiger partial charge in [-0.3, -0.25) is 14.6 Å². The van der Waals surface area contributed by atoms with Gasteiger partial charge in [-0.15, -0.1) is 0 Å². The van der Waals surface area contributed by atoms with Crippen LogP contribution >= 0.6 is 11.6 Å². The fraction of sp³-hybridized carbons (Fsp3) is 0.300. The number of halogens is 1. The molecule has 2 aromatic rings. The fourth-order valence-corrected chi connectivity index (χ4v) is 3.18. The first-order valence-electron chi connectivity index (χ1n) is 8.90. The summed E-state index contributed by atoms with van der Waals surface area (Å²) in [5.74, 6) is -0.0358. The summed E-state index contributed by atoms with van der Waals surface area (Å²) >= 11 is 6.22. The number of hydrogen-bond donors (Lipinski definition) is 2. The lowest BCUT2D eigenvalue weighted by atomic mass is 10.2. The molecule has 1 aliphatic heterocycles. The summed E-state index contributed by atoms with van der Waals surface area (Å²) in [5, 5.41) is 14.4. The Morgan fingerprint density at radius 2 is 1.74 bits per heavy atom. The van der Waals surface area contributed by atoms with Crippen LogP contribution in [-0.2, 0) is 11.3 Å². The van der Waals surface area contributed by atoms with Gasteiger partial charge in [0.2, 0.25) is 0 Å². The number of amides is 1. The van der Waals surface area contributed by atoms with E-state index in [1.54, 1.807) is 24.3 Å². The SMILES string of the molecule is O=C(CN1CCN(Cc2ccccc2Cl)CC1)N/N=C\c1ccccc1O. The third-order valence-electron chi connectivity index (χ3n) is 4.51. The van der Waals surface area contributed by atoms with Crippen molar-refractivity contribution >= 4 is 23.7 Å². The molecule has 0 unspecified atom stereocenters. The lowest BCUT2D eigenvalue weighted by molar-refractivity contribution is -0.122. The molecular weight excluding hydrogens is 364 g/mol. The Morgan fingerprint density at radius 3 is 2.48 bits per heavy atom. The van der Waals surface area contributed by atoms with E-state index in [2.05, 4.69) is 20.3 Å². The van der Waals surface area contributed by atoms with Crippen molar-refractivity contribution in [3.8, 4) is 5.75 Å². The highest BCUT2D eigenvalue weighted by atomic mass is 35.5. The van der Waals surface area contributed by atoms with Crippen LogP contribution < -0.4 is 5.43 Å². The number of benzene rings is 2. The summed E-state index contributed by atoms with van der Waals surface area (Å²) in [5.41, 5.74) is 4.20. The van der Waals surface area contributed by atoms with Gasteiger partial charge in [0.25, 0.3) is 5.91 Å². The summed E-state index contributed by atoms with van der Waals surface area (Å²) in [6.07, 6.45) is 1.44. The molecule has 0 spiro atoms. The Hall–Kier alpha value is -2.41. The van der Waals surface area contributed by atoms with Crippen LogP contribution in [0.25, 0.3) is 0 Å². The second-order valence-electron chi connectivity index (χ2n) is 6.50. The van der Waals surface area contributed by atoms with Crippen LogP contribution in [0, 0.1) is 0 Å². The molecule has 6 nitrogen and oxygen atoms in total. The first kappa shape index (κ1) is 19.4. The van der Waals surface area contributed by atoms with E-state index in [0.717, 1.165) is 43.3 Å². The smallest absolute Gasteiger partial charge is 0.254 e. The van der Waals surface area contributed by atoms with Crippen LogP contribution in [0.5, 0.6) is 5.75 Å². The second kappa shape index (κ2) is 9.50. The number of phenolic OH excluding ortho intramolecular Hbond substituents is 1. The zero-order valence-electron chi connectivity index (χ0n) is 15.0. The molecule has 3 rings (SSSR count). The summed E-state index contributed by atoms with van der Waals surface area (Å²) < 4.78 is 0. The van der Waals surface area contributed by atoms with Crippen molar-refractivity contribution in [1.29, 1.82) is 0 Å². The minimum atomic E-state index is -0.166. The number of hydrogen-bond acceptors (Lipinski definition) is 5. The highest BCUT2D eigenvalue weighted by molar-refractivity contribution is 6.31. The largest absolute Gasteiger partial charge is 0.507 e. The zero-order valence-corrected chi connectivity index (χ0v) is 15.8. The van der Waals surface area contributed by atoms with Crippen LogP contribution in [0.3, 0.4) is 0 Å². The highest BCUT2D eigenvalue weighted by Gasteiger charge is 2.19. The molecule has 1 heterocycles. The Labute approximate surface area is 164 Å². The maximum Gasteiger partial charge on any atom is 0.254 e. The second-order valence-corrected chi connectivity index (χ2v) is 6.90. The Kier molecular flexibility index (Phi) is 6.81. The summed E-state index contributed by atoms with van der Waals surface area (Å²) in [6.45, 7) is 4.55. The van der Waals surface area contributed by atoms with Crippen molar-refractivity contribution in [2.24, 2.45) is 5.10 Å². The number of rotatable bonds is 6. The topological polar surface area (TPSA) is 68.2 Å². The molecule has 1 aliphatic rings. The standard InChI is InChI=1S/C20H23ClN4O2/c21-18-7-3-1-6-17(18)14-24-9-11-25(12-10-24)15-20(27)23-22-13-16-5-2-4-8-19(16)26/h1-8,13,26H,9-12,14-15H2,(H,23,27)/b22-13-. The normalized spacial score (nSPS) is 15.9. The zero-order chi connectivity index (χ0) is 19.1. The van der Waals surface area contributed by atoms with Crippen molar-refractivity contribution in [1.82, 2.24) is 15.2 Å². The molecule has 1 fully saturated rings. The van der Waals surface area contributed by atoms with Gasteiger partial charge in [0, 0.05) is 43.3 Å². The van der Waals surface area contributed by atoms with Crippen molar-refractivity contribution in [3.05, 3.63) is 64.7 Å². The van der Waals surface area contributed by atoms with E-state index in [4.69, 9.17) is 11.6 Å². The average Bonchev–Trinajstić information content (AvgIpc) is 2.67. The number of phenols is 1. The highest BCUT2D eigenvalue weighted by Crippen LogP contribution is 2.17. The summed E-state index contributed by atoms with van der Waals surface area (Å²) in [4.78, 5) is 16.5. The molecule has 0 atom stereocenters. The van der Waals surface area contributed by atoms with E-state index >= 15 is 0 Å². The van der Waals surface area contributed by atoms with Crippen molar-refractivity contribution in [2.75, 3.05) is 32.7 Å². The van der Waals surface area contributed by atoms with E-state index in [-0.39, 0.29) is 11.7 Å². The van der Waals surface area contributed by atoms with Gasteiger partial charge in [-0.2, -0.15) is 5.10 Å². The van der Waals surface area contributed by atoms with Crippen molar-refractivity contribution in [3.63, 3.8) is 0 Å². The number of carbonyl (C=O) groups excluding carboxylic acids is 1. The van der Waals surface area contributed by atoms with Crippen LogP contribution in [0.4, 0.5) is 0 Å². The van der Waals surface area contributed by atoms with Crippen molar-refractivity contribution < 1.29 is 9.90 Å². The summed E-state index contributed by atoms with van der Waals surface area (Å²) in [7, 11) is 0. The monoisotopic (exact) mass is 386 g/mol. The number of nitrogens with one attached hydrogen (secondary N) is 1. The maximum absolute atomic E-state index is 12.0. The molecular formula is C20H23ClN4O2. The Balaban J connectivity index is 1.40. The fourth-order valence-electron chi connectivity index (χ4n) is 2.98. The number of nitrogens with zero attached hydrogens (tertiary/aromatic N) is 3. The first-order valence-corrected chi connectivity index (χ1v) is 9.27. The summed E-state index contributed by atoms with van der Waals surface area (Å²) in [6, 6.07) is 14.7. The minimum Gasteiger partial charge on any atom is -0.507 e. The average molecular weight is 387 g/mol. The number of hydrazone groups is 1. The number of aromatic hydroxyl groups is 1. The number of carbonyl (C=O) groups is 1. The van der Waals surface area contributed by atoms with Gasteiger partial charge in [0.05, 0.1) is 12.8 Å². The Morgan fingerprint density at radius 1 is 1.07 bits per heavy atom. The predicted octanol–water partition coefficient (Wildman–Crippen LogP) is 2.31. The quantitative estimate of drug-likeness (QED) is 0.590. The van der Waals surface area contributed by atoms with Crippen LogP contribution in [0.1, 0.15) is 11.1 Å². The van der Waals surface area contributed by atoms with E-state index in [1.807, 2.05) is 24.3 Å². The maximum atomic E-state index is 12.0. The van der Waals surface area contributed by atoms with Gasteiger partial charge in [0.15, 0.2) is 0 Å². The van der Waals surface area contributed by atoms with Gasteiger partial charge in [-0.1, -0.05) is 41.9 Å². The molecule has 0 aliphatic carbocycles. The Bertz CT molecular complexity index is 804. The predicted molar refractivity (Wildman–Crippen MR) is 107 cm³/mol. The van der Waals surface area contributed by atoms with Gasteiger partial charge < -0.3 is 5.11 Å². The minimum absolute atomic E-state index is 0.130. The molecule has 0 saturated carbocycles. The van der Waals surface area contributed by atoms with Crippen LogP contribution in [0.15, 0.2) is 53.6 Å². The first-order chi connectivity index (χ1) is 13.1. The van der Waals surface area contributed by atoms with E-state index < -0.39 is 0 Å². The van der Waals surface area contributed by atoms with Crippen LogP contribution in [0.2, 0.25) is 5.02 Å². The lowest BCUT2D eigenvalue weighted by Crippen LogP contribution is -2.48. The van der Waals surface area contributed by atoms with Crippen LogP contribution in [-0.4, -0.2) is 59.8 Å². The molecule has 2 N–H and O–H groups in total. The number of piperazine rings is 1. The molecule has 7 heteroatoms. The molecule has 0 radical (unpaired) electrons. The third-order valence-corrected chi connectivity index (χ3v) is 4.88. The van der Waals surface area contributed by atoms with E-state index in [9.17, 15) is 9.90 Å². The molecule has 2 aromatic carbocycles. The van der Waals surface area contributed by atoms with Gasteiger partial charge >= 0.3 is 0 Å². The van der Waals surface area contributed by atoms with E-state index in [0.29, 0.717) is 12.1 Å². The molecule has 0 aromatic heterocycles. The van der Waals surface area contributed by atoms with Gasteiger partial charge in [-0.25, -0.2) is 5.43 Å². The van der Waals surface area contributed by atoms with E-state index in [1.165, 1.54) is 6.21 Å².